The van der Waals surface area contributed by atoms with Crippen molar-refractivity contribution in [2.75, 3.05) is 0 Å². The van der Waals surface area contributed by atoms with Gasteiger partial charge in [-0.1, -0.05) is 29.8 Å². The van der Waals surface area contributed by atoms with Crippen LogP contribution in [-0.4, -0.2) is 10.4 Å². The lowest BCUT2D eigenvalue weighted by Gasteiger charge is -2.05. The van der Waals surface area contributed by atoms with Crippen molar-refractivity contribution in [3.63, 3.8) is 0 Å². The number of hydrogen-bond acceptors (Lipinski definition) is 2. The molecule has 1 heterocycles. The Labute approximate surface area is 113 Å². The number of carbonyl (C=O) groups excluding carboxylic acids is 1. The number of aryl methyl sites for hydroxylation is 1. The molecule has 18 heavy (non-hydrogen) atoms. The van der Waals surface area contributed by atoms with Gasteiger partial charge in [0, 0.05) is 11.8 Å². The Hall–Kier alpha value is -1.68. The maximum absolute atomic E-state index is 12.0. The molecule has 0 saturated carbocycles. The fourth-order valence-corrected chi connectivity index (χ4v) is 2.00. The van der Waals surface area contributed by atoms with Crippen LogP contribution in [0.15, 0.2) is 51.9 Å². The van der Waals surface area contributed by atoms with E-state index >= 15 is 0 Å². The Morgan fingerprint density at radius 1 is 1.22 bits per heavy atom. The van der Waals surface area contributed by atoms with Crippen LogP contribution in [-0.2, 0) is 6.54 Å². The van der Waals surface area contributed by atoms with Gasteiger partial charge in [0.1, 0.15) is 0 Å². The summed E-state index contributed by atoms with van der Waals surface area (Å²) in [6.07, 6.45) is 1.61. The lowest BCUT2D eigenvalue weighted by molar-refractivity contribution is 0.0971. The molecule has 3 nitrogen and oxygen atoms in total. The standard InChI is InChI=1S/C14H12BrNO2/c1-10-4-6-11(7-5-10)13(17)9-16-8-2-3-12(15)14(16)18/h2-8H,9H2,1H3. The topological polar surface area (TPSA) is 39.1 Å². The first-order chi connectivity index (χ1) is 8.58. The van der Waals surface area contributed by atoms with Gasteiger partial charge in [-0.25, -0.2) is 0 Å². The predicted octanol–water partition coefficient (Wildman–Crippen LogP) is 2.80. The fourth-order valence-electron chi connectivity index (χ4n) is 1.62. The van der Waals surface area contributed by atoms with Crippen molar-refractivity contribution in [1.29, 1.82) is 0 Å². The van der Waals surface area contributed by atoms with Crippen molar-refractivity contribution in [2.24, 2.45) is 0 Å². The average molecular weight is 306 g/mol. The van der Waals surface area contributed by atoms with Gasteiger partial charge in [0.2, 0.25) is 0 Å². The molecular formula is C14H12BrNO2. The second kappa shape index (κ2) is 5.31. The molecule has 1 aromatic heterocycles. The van der Waals surface area contributed by atoms with Gasteiger partial charge in [0.15, 0.2) is 5.78 Å². The molecule has 0 unspecified atom stereocenters. The molecule has 0 aliphatic heterocycles. The Morgan fingerprint density at radius 2 is 1.89 bits per heavy atom. The first kappa shape index (κ1) is 12.8. The second-order valence-corrected chi connectivity index (χ2v) is 4.93. The zero-order chi connectivity index (χ0) is 13.1. The summed E-state index contributed by atoms with van der Waals surface area (Å²) in [6, 6.07) is 10.7. The van der Waals surface area contributed by atoms with Crippen LogP contribution in [0.4, 0.5) is 0 Å². The van der Waals surface area contributed by atoms with Gasteiger partial charge in [0.25, 0.3) is 5.56 Å². The number of rotatable bonds is 3. The minimum atomic E-state index is -0.196. The number of halogens is 1. The molecule has 4 heteroatoms. The van der Waals surface area contributed by atoms with Crippen molar-refractivity contribution >= 4 is 21.7 Å². The van der Waals surface area contributed by atoms with E-state index in [4.69, 9.17) is 0 Å². The molecule has 2 rings (SSSR count). The number of benzene rings is 1. The number of ketones is 1. The molecule has 0 amide bonds. The van der Waals surface area contributed by atoms with Crippen LogP contribution in [0.25, 0.3) is 0 Å². The van der Waals surface area contributed by atoms with Gasteiger partial charge in [0.05, 0.1) is 11.0 Å². The van der Waals surface area contributed by atoms with Crippen molar-refractivity contribution < 1.29 is 4.79 Å². The molecule has 0 bridgehead atoms. The molecule has 0 fully saturated rings. The number of aromatic nitrogens is 1. The monoisotopic (exact) mass is 305 g/mol. The van der Waals surface area contributed by atoms with E-state index in [1.807, 2.05) is 19.1 Å². The maximum Gasteiger partial charge on any atom is 0.265 e. The van der Waals surface area contributed by atoms with Gasteiger partial charge >= 0.3 is 0 Å². The van der Waals surface area contributed by atoms with Crippen LogP contribution in [0.1, 0.15) is 15.9 Å². The first-order valence-corrected chi connectivity index (χ1v) is 6.32. The van der Waals surface area contributed by atoms with Crippen LogP contribution in [0, 0.1) is 6.92 Å². The van der Waals surface area contributed by atoms with E-state index in [1.54, 1.807) is 30.5 Å². The van der Waals surface area contributed by atoms with Crippen molar-refractivity contribution in [1.82, 2.24) is 4.57 Å². The zero-order valence-corrected chi connectivity index (χ0v) is 11.5. The van der Waals surface area contributed by atoms with Crippen LogP contribution in [0.5, 0.6) is 0 Å². The molecule has 0 aliphatic carbocycles. The lowest BCUT2D eigenvalue weighted by atomic mass is 10.1. The number of pyridine rings is 1. The Kier molecular flexibility index (Phi) is 3.77. The molecule has 0 N–H and O–H groups in total. The van der Waals surface area contributed by atoms with Gasteiger partial charge < -0.3 is 4.57 Å². The van der Waals surface area contributed by atoms with E-state index in [0.717, 1.165) is 5.56 Å². The summed E-state index contributed by atoms with van der Waals surface area (Å²) in [5, 5.41) is 0. The molecule has 2 aromatic rings. The summed E-state index contributed by atoms with van der Waals surface area (Å²) in [6.45, 7) is 2.02. The van der Waals surface area contributed by atoms with E-state index in [1.165, 1.54) is 4.57 Å². The molecule has 0 aliphatic rings. The Morgan fingerprint density at radius 3 is 2.56 bits per heavy atom. The van der Waals surface area contributed by atoms with Crippen molar-refractivity contribution in [3.8, 4) is 0 Å². The van der Waals surface area contributed by atoms with Gasteiger partial charge in [-0.3, -0.25) is 9.59 Å². The summed E-state index contributed by atoms with van der Waals surface area (Å²) < 4.78 is 1.86. The van der Waals surface area contributed by atoms with Crippen LogP contribution >= 0.6 is 15.9 Å². The van der Waals surface area contributed by atoms with Gasteiger partial charge in [-0.2, -0.15) is 0 Å². The smallest absolute Gasteiger partial charge is 0.265 e. The average Bonchev–Trinajstić information content (AvgIpc) is 2.36. The molecule has 1 aromatic carbocycles. The zero-order valence-electron chi connectivity index (χ0n) is 9.89. The molecule has 92 valence electrons. The SMILES string of the molecule is Cc1ccc(C(=O)Cn2cccc(Br)c2=O)cc1. The summed E-state index contributed by atoms with van der Waals surface area (Å²) in [5.74, 6) is -0.0739. The predicted molar refractivity (Wildman–Crippen MR) is 73.9 cm³/mol. The van der Waals surface area contributed by atoms with E-state index in [0.29, 0.717) is 10.0 Å². The summed E-state index contributed by atoms with van der Waals surface area (Å²) in [7, 11) is 0. The Balaban J connectivity index is 2.24. The summed E-state index contributed by atoms with van der Waals surface area (Å²) >= 11 is 3.16. The van der Waals surface area contributed by atoms with E-state index < -0.39 is 0 Å². The Bertz CT molecular complexity index is 629. The van der Waals surface area contributed by atoms with Crippen molar-refractivity contribution in [2.45, 2.75) is 13.5 Å². The fraction of sp³-hybridized carbons (Fsp3) is 0.143. The van der Waals surface area contributed by atoms with Gasteiger partial charge in [-0.05, 0) is 35.0 Å². The highest BCUT2D eigenvalue weighted by atomic mass is 79.9. The normalized spacial score (nSPS) is 10.3. The quantitative estimate of drug-likeness (QED) is 0.818. The largest absolute Gasteiger partial charge is 0.307 e. The second-order valence-electron chi connectivity index (χ2n) is 4.08. The van der Waals surface area contributed by atoms with Crippen LogP contribution in [0.3, 0.4) is 0 Å². The number of nitrogens with zero attached hydrogens (tertiary/aromatic N) is 1. The highest BCUT2D eigenvalue weighted by Gasteiger charge is 2.08. The van der Waals surface area contributed by atoms with Crippen molar-refractivity contribution in [3.05, 3.63) is 68.5 Å². The van der Waals surface area contributed by atoms with E-state index in [2.05, 4.69) is 15.9 Å². The minimum Gasteiger partial charge on any atom is -0.307 e. The van der Waals surface area contributed by atoms with E-state index in [-0.39, 0.29) is 17.9 Å². The molecule has 0 saturated heterocycles. The van der Waals surface area contributed by atoms with Crippen LogP contribution in [0.2, 0.25) is 0 Å². The maximum atomic E-state index is 12.0. The number of hydrogen-bond donors (Lipinski definition) is 0. The molecular weight excluding hydrogens is 294 g/mol. The summed E-state index contributed by atoms with van der Waals surface area (Å²) in [4.78, 5) is 23.8. The van der Waals surface area contributed by atoms with Crippen LogP contribution < -0.4 is 5.56 Å². The number of Topliss-reactive ketones (excluding diaryl/α,β-unsaturated/α-hetero) is 1. The van der Waals surface area contributed by atoms with E-state index in [9.17, 15) is 9.59 Å². The first-order valence-electron chi connectivity index (χ1n) is 5.53. The lowest BCUT2D eigenvalue weighted by Crippen LogP contribution is -2.23. The molecule has 0 spiro atoms. The third-order valence-corrected chi connectivity index (χ3v) is 3.26. The highest BCUT2D eigenvalue weighted by Crippen LogP contribution is 2.06. The molecule has 0 atom stereocenters. The van der Waals surface area contributed by atoms with Gasteiger partial charge in [-0.15, -0.1) is 0 Å². The minimum absolute atomic E-state index is 0.0569. The molecule has 0 radical (unpaired) electrons. The summed E-state index contributed by atoms with van der Waals surface area (Å²) in [5.41, 5.74) is 1.52. The highest BCUT2D eigenvalue weighted by molar-refractivity contribution is 9.10. The third-order valence-electron chi connectivity index (χ3n) is 2.66. The number of carbonyl (C=O) groups is 1. The third kappa shape index (κ3) is 2.76.